The van der Waals surface area contributed by atoms with Gasteiger partial charge in [0.25, 0.3) is 0 Å². The fourth-order valence-corrected chi connectivity index (χ4v) is 3.47. The van der Waals surface area contributed by atoms with Gasteiger partial charge < -0.3 is 0 Å². The molecule has 0 aromatic heterocycles. The van der Waals surface area contributed by atoms with Crippen LogP contribution in [0.25, 0.3) is 0 Å². The summed E-state index contributed by atoms with van der Waals surface area (Å²) in [5, 5.41) is 2.22. The van der Waals surface area contributed by atoms with Crippen LogP contribution in [0.4, 0.5) is 0 Å². The first-order valence-electron chi connectivity index (χ1n) is 10.3. The van der Waals surface area contributed by atoms with Crippen molar-refractivity contribution in [2.75, 3.05) is 13.2 Å². The van der Waals surface area contributed by atoms with Gasteiger partial charge in [0.1, 0.15) is 0 Å². The standard InChI is InChI=1S/C20H41NO/c1-3-5-6-7-8-9-10-11-12-13-14-15-17-20(16-4-2)21-18-19-22-21/h20H,3-19H2,1-2H3. The zero-order valence-electron chi connectivity index (χ0n) is 15.5. The average molecular weight is 312 g/mol. The molecule has 0 aromatic carbocycles. The van der Waals surface area contributed by atoms with Gasteiger partial charge in [0.15, 0.2) is 0 Å². The van der Waals surface area contributed by atoms with Crippen molar-refractivity contribution in [3.8, 4) is 0 Å². The van der Waals surface area contributed by atoms with E-state index in [1.165, 1.54) is 96.3 Å². The molecule has 0 bridgehead atoms. The Bertz CT molecular complexity index is 228. The highest BCUT2D eigenvalue weighted by Crippen LogP contribution is 2.20. The Hall–Kier alpha value is -0.0800. The molecule has 2 nitrogen and oxygen atoms in total. The van der Waals surface area contributed by atoms with Gasteiger partial charge in [-0.3, -0.25) is 4.84 Å². The number of hydrogen-bond donors (Lipinski definition) is 0. The fraction of sp³-hybridized carbons (Fsp3) is 1.00. The maximum Gasteiger partial charge on any atom is 0.0835 e. The van der Waals surface area contributed by atoms with Gasteiger partial charge in [-0.2, -0.15) is 5.06 Å². The van der Waals surface area contributed by atoms with Crippen molar-refractivity contribution in [1.82, 2.24) is 5.06 Å². The second-order valence-electron chi connectivity index (χ2n) is 7.09. The van der Waals surface area contributed by atoms with E-state index >= 15 is 0 Å². The molecular formula is C20H41NO. The number of hydroxylamine groups is 2. The molecule has 1 rings (SSSR count). The molecule has 1 unspecified atom stereocenters. The van der Waals surface area contributed by atoms with Crippen LogP contribution in [-0.4, -0.2) is 24.3 Å². The first kappa shape index (κ1) is 20.0. The Morgan fingerprint density at radius 3 is 1.59 bits per heavy atom. The summed E-state index contributed by atoms with van der Waals surface area (Å²) in [5.41, 5.74) is 0. The molecule has 132 valence electrons. The molecule has 1 heterocycles. The van der Waals surface area contributed by atoms with Crippen LogP contribution >= 0.6 is 0 Å². The minimum atomic E-state index is 0.696. The van der Waals surface area contributed by atoms with E-state index in [-0.39, 0.29) is 0 Å². The Kier molecular flexibility index (Phi) is 13.2. The van der Waals surface area contributed by atoms with Gasteiger partial charge in [0, 0.05) is 12.6 Å². The topological polar surface area (TPSA) is 12.5 Å². The van der Waals surface area contributed by atoms with Crippen LogP contribution in [0.15, 0.2) is 0 Å². The molecule has 1 aliphatic rings. The Balaban J connectivity index is 1.80. The second-order valence-corrected chi connectivity index (χ2v) is 7.09. The van der Waals surface area contributed by atoms with E-state index in [1.54, 1.807) is 0 Å². The molecule has 0 saturated carbocycles. The third kappa shape index (κ3) is 9.84. The largest absolute Gasteiger partial charge is 0.297 e. The van der Waals surface area contributed by atoms with Gasteiger partial charge >= 0.3 is 0 Å². The van der Waals surface area contributed by atoms with E-state index in [0.717, 1.165) is 13.2 Å². The maximum atomic E-state index is 5.54. The van der Waals surface area contributed by atoms with Crippen LogP contribution in [0.5, 0.6) is 0 Å². The molecule has 1 aliphatic heterocycles. The van der Waals surface area contributed by atoms with Gasteiger partial charge in [-0.25, -0.2) is 0 Å². The van der Waals surface area contributed by atoms with Crippen molar-refractivity contribution in [2.24, 2.45) is 0 Å². The van der Waals surface area contributed by atoms with Crippen LogP contribution < -0.4 is 0 Å². The molecule has 1 atom stereocenters. The van der Waals surface area contributed by atoms with Crippen molar-refractivity contribution in [3.05, 3.63) is 0 Å². The third-order valence-corrected chi connectivity index (χ3v) is 4.99. The maximum absolute atomic E-state index is 5.54. The van der Waals surface area contributed by atoms with E-state index in [1.807, 2.05) is 0 Å². The van der Waals surface area contributed by atoms with Crippen molar-refractivity contribution >= 4 is 0 Å². The van der Waals surface area contributed by atoms with Crippen molar-refractivity contribution in [2.45, 2.75) is 116 Å². The Labute approximate surface area is 139 Å². The minimum absolute atomic E-state index is 0.696. The summed E-state index contributed by atoms with van der Waals surface area (Å²) in [6, 6.07) is 0.696. The molecule has 22 heavy (non-hydrogen) atoms. The van der Waals surface area contributed by atoms with Gasteiger partial charge in [0.05, 0.1) is 6.61 Å². The number of nitrogens with zero attached hydrogens (tertiary/aromatic N) is 1. The highest BCUT2D eigenvalue weighted by atomic mass is 16.7. The van der Waals surface area contributed by atoms with Crippen molar-refractivity contribution in [1.29, 1.82) is 0 Å². The summed E-state index contributed by atoms with van der Waals surface area (Å²) in [7, 11) is 0. The average Bonchev–Trinajstić information content (AvgIpc) is 2.46. The van der Waals surface area contributed by atoms with Crippen molar-refractivity contribution in [3.63, 3.8) is 0 Å². The highest BCUT2D eigenvalue weighted by molar-refractivity contribution is 4.69. The van der Waals surface area contributed by atoms with Crippen LogP contribution in [-0.2, 0) is 4.84 Å². The summed E-state index contributed by atoms with van der Waals surface area (Å²) in [5.74, 6) is 0. The van der Waals surface area contributed by atoms with E-state index < -0.39 is 0 Å². The van der Waals surface area contributed by atoms with Crippen LogP contribution in [0, 0.1) is 0 Å². The van der Waals surface area contributed by atoms with Gasteiger partial charge in [0.2, 0.25) is 0 Å². The molecule has 0 aromatic rings. The molecule has 1 saturated heterocycles. The lowest BCUT2D eigenvalue weighted by atomic mass is 10.0. The fourth-order valence-electron chi connectivity index (χ4n) is 3.47. The lowest BCUT2D eigenvalue weighted by Crippen LogP contribution is -2.46. The summed E-state index contributed by atoms with van der Waals surface area (Å²) >= 11 is 0. The molecule has 2 heteroatoms. The van der Waals surface area contributed by atoms with Gasteiger partial charge in [-0.05, 0) is 12.8 Å². The van der Waals surface area contributed by atoms with E-state index in [0.29, 0.717) is 6.04 Å². The normalized spacial score (nSPS) is 16.6. The van der Waals surface area contributed by atoms with Gasteiger partial charge in [-0.1, -0.05) is 97.3 Å². The van der Waals surface area contributed by atoms with Crippen molar-refractivity contribution < 1.29 is 4.84 Å². The predicted octanol–water partition coefficient (Wildman–Crippen LogP) is 6.49. The zero-order chi connectivity index (χ0) is 15.9. The molecule has 1 fully saturated rings. The molecule has 0 aliphatic carbocycles. The van der Waals surface area contributed by atoms with Crippen LogP contribution in [0.1, 0.15) is 110 Å². The Morgan fingerprint density at radius 2 is 1.18 bits per heavy atom. The molecule has 0 spiro atoms. The number of unbranched alkanes of at least 4 members (excludes halogenated alkanes) is 11. The lowest BCUT2D eigenvalue weighted by Gasteiger charge is -2.37. The zero-order valence-corrected chi connectivity index (χ0v) is 15.5. The first-order chi connectivity index (χ1) is 10.9. The number of hydrogen-bond acceptors (Lipinski definition) is 2. The molecular weight excluding hydrogens is 270 g/mol. The monoisotopic (exact) mass is 311 g/mol. The van der Waals surface area contributed by atoms with E-state index in [9.17, 15) is 0 Å². The van der Waals surface area contributed by atoms with E-state index in [2.05, 4.69) is 18.9 Å². The second kappa shape index (κ2) is 14.5. The third-order valence-electron chi connectivity index (χ3n) is 4.99. The quantitative estimate of drug-likeness (QED) is 0.302. The highest BCUT2D eigenvalue weighted by Gasteiger charge is 2.23. The summed E-state index contributed by atoms with van der Waals surface area (Å²) in [4.78, 5) is 5.54. The minimum Gasteiger partial charge on any atom is -0.297 e. The van der Waals surface area contributed by atoms with Gasteiger partial charge in [-0.15, -0.1) is 0 Å². The van der Waals surface area contributed by atoms with E-state index in [4.69, 9.17) is 4.84 Å². The predicted molar refractivity (Wildman–Crippen MR) is 97.0 cm³/mol. The SMILES string of the molecule is CCCCCCCCCCCCCCC(CCC)N1CCO1. The summed E-state index contributed by atoms with van der Waals surface area (Å²) in [6.45, 7) is 6.68. The Morgan fingerprint density at radius 1 is 0.682 bits per heavy atom. The smallest absolute Gasteiger partial charge is 0.0835 e. The lowest BCUT2D eigenvalue weighted by molar-refractivity contribution is -0.272. The van der Waals surface area contributed by atoms with Crippen LogP contribution in [0.3, 0.4) is 0 Å². The van der Waals surface area contributed by atoms with Crippen LogP contribution in [0.2, 0.25) is 0 Å². The number of rotatable bonds is 16. The summed E-state index contributed by atoms with van der Waals surface area (Å²) < 4.78 is 0. The summed E-state index contributed by atoms with van der Waals surface area (Å²) in [6.07, 6.45) is 21.2. The first-order valence-corrected chi connectivity index (χ1v) is 10.3. The molecule has 0 radical (unpaired) electrons. The molecule has 0 N–H and O–H groups in total. The molecule has 0 amide bonds.